The number of methoxy groups -OCH3 is 1. The average molecular weight is 312 g/mol. The maximum atomic E-state index is 6.29. The molecule has 118 valence electrons. The summed E-state index contributed by atoms with van der Waals surface area (Å²) >= 11 is 6.29. The van der Waals surface area contributed by atoms with E-state index in [1.54, 1.807) is 7.11 Å². The molecule has 0 saturated carbocycles. The van der Waals surface area contributed by atoms with Gasteiger partial charge in [0.1, 0.15) is 0 Å². The summed E-state index contributed by atoms with van der Waals surface area (Å²) in [5, 5.41) is 0.817. The lowest BCUT2D eigenvalue weighted by Gasteiger charge is -2.48. The molecule has 0 aromatic heterocycles. The number of nitrogens with zero attached hydrogens (tertiary/aromatic N) is 2. The molecular weight excluding hydrogens is 286 g/mol. The van der Waals surface area contributed by atoms with Crippen LogP contribution >= 0.6 is 11.6 Å². The fourth-order valence-corrected chi connectivity index (χ4v) is 3.23. The Labute approximate surface area is 132 Å². The molecule has 4 nitrogen and oxygen atoms in total. The Morgan fingerprint density at radius 1 is 1.29 bits per heavy atom. The van der Waals surface area contributed by atoms with Gasteiger partial charge in [-0.3, -0.25) is 4.90 Å². The third kappa shape index (κ3) is 3.34. The highest BCUT2D eigenvalue weighted by Gasteiger charge is 2.38. The van der Waals surface area contributed by atoms with E-state index in [1.165, 1.54) is 0 Å². The second-order valence-corrected chi connectivity index (χ2v) is 6.27. The largest absolute Gasteiger partial charge is 0.380 e. The highest BCUT2D eigenvalue weighted by atomic mass is 35.5. The molecule has 0 amide bonds. The zero-order chi connectivity index (χ0) is 15.5. The smallest absolute Gasteiger partial charge is 0.0736 e. The molecule has 1 saturated heterocycles. The van der Waals surface area contributed by atoms with Gasteiger partial charge in [-0.15, -0.1) is 0 Å². The summed E-state index contributed by atoms with van der Waals surface area (Å²) in [5.41, 5.74) is 7.02. The second-order valence-electron chi connectivity index (χ2n) is 5.86. The van der Waals surface area contributed by atoms with Gasteiger partial charge in [0.25, 0.3) is 0 Å². The first-order valence-corrected chi connectivity index (χ1v) is 7.88. The van der Waals surface area contributed by atoms with Crippen LogP contribution in [0.25, 0.3) is 0 Å². The summed E-state index contributed by atoms with van der Waals surface area (Å²) in [7, 11) is 1.75. The van der Waals surface area contributed by atoms with E-state index in [4.69, 9.17) is 22.1 Å². The normalized spacial score (nSPS) is 21.1. The van der Waals surface area contributed by atoms with Gasteiger partial charge in [0, 0.05) is 39.8 Å². The fourth-order valence-electron chi connectivity index (χ4n) is 2.97. The van der Waals surface area contributed by atoms with Gasteiger partial charge in [0.15, 0.2) is 0 Å². The molecule has 2 atom stereocenters. The number of rotatable bonds is 5. The maximum Gasteiger partial charge on any atom is 0.0736 e. The fraction of sp³-hybridized carbons (Fsp3) is 0.625. The Morgan fingerprint density at radius 2 is 1.90 bits per heavy atom. The Kier molecular flexibility index (Phi) is 5.49. The van der Waals surface area contributed by atoms with Crippen LogP contribution in [-0.4, -0.2) is 56.4 Å². The summed E-state index contributed by atoms with van der Waals surface area (Å²) in [4.78, 5) is 4.78. The van der Waals surface area contributed by atoms with Crippen molar-refractivity contribution in [1.82, 2.24) is 4.90 Å². The average Bonchev–Trinajstić information content (AvgIpc) is 2.54. The van der Waals surface area contributed by atoms with Gasteiger partial charge in [-0.1, -0.05) is 23.7 Å². The lowest BCUT2D eigenvalue weighted by molar-refractivity contribution is -0.0333. The molecule has 1 aromatic rings. The number of ether oxygens (including phenoxy) is 1. The molecule has 1 aliphatic heterocycles. The minimum atomic E-state index is -0.124. The molecule has 0 spiro atoms. The molecule has 0 aliphatic carbocycles. The van der Waals surface area contributed by atoms with E-state index in [9.17, 15) is 0 Å². The standard InChI is InChI=1S/C16H26ClN3O/c1-13(21-3)16(2,12-18)20-10-8-19(9-11-20)15-7-5-4-6-14(15)17/h4-7,13H,8-12,18H2,1-3H3. The minimum Gasteiger partial charge on any atom is -0.380 e. The number of hydrogen-bond donors (Lipinski definition) is 1. The van der Waals surface area contributed by atoms with Crippen molar-refractivity contribution in [3.63, 3.8) is 0 Å². The minimum absolute atomic E-state index is 0.106. The topological polar surface area (TPSA) is 41.7 Å². The van der Waals surface area contributed by atoms with Crippen LogP contribution in [0.15, 0.2) is 24.3 Å². The first-order chi connectivity index (χ1) is 10.0. The van der Waals surface area contributed by atoms with E-state index >= 15 is 0 Å². The molecule has 5 heteroatoms. The van der Waals surface area contributed by atoms with Crippen molar-refractivity contribution in [2.24, 2.45) is 5.73 Å². The second kappa shape index (κ2) is 6.97. The van der Waals surface area contributed by atoms with Crippen molar-refractivity contribution in [2.75, 3.05) is 44.7 Å². The first kappa shape index (κ1) is 16.6. The number of benzene rings is 1. The summed E-state index contributed by atoms with van der Waals surface area (Å²) in [6, 6.07) is 8.02. The summed E-state index contributed by atoms with van der Waals surface area (Å²) < 4.78 is 5.53. The number of halogens is 1. The number of para-hydroxylation sites is 1. The SMILES string of the molecule is COC(C)C(C)(CN)N1CCN(c2ccccc2Cl)CC1. The maximum absolute atomic E-state index is 6.29. The van der Waals surface area contributed by atoms with Gasteiger partial charge in [0.05, 0.1) is 22.4 Å². The van der Waals surface area contributed by atoms with Crippen LogP contribution in [0.2, 0.25) is 5.02 Å². The molecule has 2 rings (SSSR count). The lowest BCUT2D eigenvalue weighted by atomic mass is 9.92. The Hall–Kier alpha value is -0.810. The number of anilines is 1. The van der Waals surface area contributed by atoms with Crippen molar-refractivity contribution in [3.05, 3.63) is 29.3 Å². The molecule has 2 N–H and O–H groups in total. The van der Waals surface area contributed by atoms with E-state index < -0.39 is 0 Å². The van der Waals surface area contributed by atoms with Crippen LogP contribution in [-0.2, 0) is 4.74 Å². The van der Waals surface area contributed by atoms with Crippen LogP contribution in [0, 0.1) is 0 Å². The van der Waals surface area contributed by atoms with Gasteiger partial charge >= 0.3 is 0 Å². The van der Waals surface area contributed by atoms with Crippen molar-refractivity contribution < 1.29 is 4.74 Å². The number of piperazine rings is 1. The van der Waals surface area contributed by atoms with Gasteiger partial charge in [-0.05, 0) is 26.0 Å². The summed E-state index contributed by atoms with van der Waals surface area (Å²) in [6.07, 6.45) is 0.106. The van der Waals surface area contributed by atoms with E-state index in [-0.39, 0.29) is 11.6 Å². The van der Waals surface area contributed by atoms with Crippen LogP contribution < -0.4 is 10.6 Å². The quantitative estimate of drug-likeness (QED) is 0.905. The Morgan fingerprint density at radius 3 is 2.43 bits per heavy atom. The number of nitrogens with two attached hydrogens (primary N) is 1. The highest BCUT2D eigenvalue weighted by Crippen LogP contribution is 2.28. The molecule has 1 heterocycles. The summed E-state index contributed by atoms with van der Waals surface area (Å²) in [5.74, 6) is 0. The van der Waals surface area contributed by atoms with Crippen LogP contribution in [0.4, 0.5) is 5.69 Å². The van der Waals surface area contributed by atoms with Crippen molar-refractivity contribution in [2.45, 2.75) is 25.5 Å². The Bertz CT molecular complexity index is 463. The van der Waals surface area contributed by atoms with E-state index in [2.05, 4.69) is 29.7 Å². The zero-order valence-electron chi connectivity index (χ0n) is 13.2. The van der Waals surface area contributed by atoms with Gasteiger partial charge in [0.2, 0.25) is 0 Å². The molecule has 0 radical (unpaired) electrons. The molecule has 1 fully saturated rings. The first-order valence-electron chi connectivity index (χ1n) is 7.50. The molecule has 1 aliphatic rings. The molecule has 1 aromatic carbocycles. The third-order valence-corrected chi connectivity index (χ3v) is 5.16. The van der Waals surface area contributed by atoms with Crippen molar-refractivity contribution in [1.29, 1.82) is 0 Å². The summed E-state index contributed by atoms with van der Waals surface area (Å²) in [6.45, 7) is 8.71. The predicted octanol–water partition coefficient (Wildman–Crippen LogP) is 2.21. The number of hydrogen-bond acceptors (Lipinski definition) is 4. The highest BCUT2D eigenvalue weighted by molar-refractivity contribution is 6.33. The van der Waals surface area contributed by atoms with Crippen molar-refractivity contribution in [3.8, 4) is 0 Å². The van der Waals surface area contributed by atoms with Crippen LogP contribution in [0.3, 0.4) is 0 Å². The van der Waals surface area contributed by atoms with Gasteiger partial charge in [-0.2, -0.15) is 0 Å². The molecule has 2 unspecified atom stereocenters. The zero-order valence-corrected chi connectivity index (χ0v) is 13.9. The monoisotopic (exact) mass is 311 g/mol. The van der Waals surface area contributed by atoms with Gasteiger partial charge < -0.3 is 15.4 Å². The van der Waals surface area contributed by atoms with Gasteiger partial charge in [-0.25, -0.2) is 0 Å². The van der Waals surface area contributed by atoms with E-state index in [0.29, 0.717) is 6.54 Å². The predicted molar refractivity (Wildman–Crippen MR) is 89.2 cm³/mol. The van der Waals surface area contributed by atoms with Crippen molar-refractivity contribution >= 4 is 17.3 Å². The van der Waals surface area contributed by atoms with Crippen LogP contribution in [0.5, 0.6) is 0 Å². The van der Waals surface area contributed by atoms with Crippen LogP contribution in [0.1, 0.15) is 13.8 Å². The molecule has 21 heavy (non-hydrogen) atoms. The molecule has 0 bridgehead atoms. The molecular formula is C16H26ClN3O. The lowest BCUT2D eigenvalue weighted by Crippen LogP contribution is -2.63. The third-order valence-electron chi connectivity index (χ3n) is 4.84. The van der Waals surface area contributed by atoms with E-state index in [1.807, 2.05) is 18.2 Å². The Balaban J connectivity index is 2.05. The van der Waals surface area contributed by atoms with E-state index in [0.717, 1.165) is 36.9 Å².